The zero-order valence-electron chi connectivity index (χ0n) is 11.3. The molecule has 3 nitrogen and oxygen atoms in total. The number of ether oxygens (including phenoxy) is 1. The van der Waals surface area contributed by atoms with Crippen molar-refractivity contribution in [1.82, 2.24) is 4.57 Å². The SMILES string of the molecule is CCCn1ccc(CNc2cc(Br)cc(OC)c2)c1. The summed E-state index contributed by atoms with van der Waals surface area (Å²) in [6, 6.07) is 8.14. The molecule has 0 saturated heterocycles. The molecule has 0 saturated carbocycles. The zero-order chi connectivity index (χ0) is 13.7. The Bertz CT molecular complexity index is 537. The van der Waals surface area contributed by atoms with Crippen molar-refractivity contribution in [2.45, 2.75) is 26.4 Å². The molecule has 0 aliphatic rings. The van der Waals surface area contributed by atoms with Crippen molar-refractivity contribution in [3.63, 3.8) is 0 Å². The van der Waals surface area contributed by atoms with Crippen molar-refractivity contribution in [3.8, 4) is 5.75 Å². The summed E-state index contributed by atoms with van der Waals surface area (Å²) in [4.78, 5) is 0. The van der Waals surface area contributed by atoms with Crippen LogP contribution in [-0.4, -0.2) is 11.7 Å². The van der Waals surface area contributed by atoms with Gasteiger partial charge in [0.25, 0.3) is 0 Å². The fourth-order valence-electron chi connectivity index (χ4n) is 1.98. The molecule has 1 aromatic heterocycles. The van der Waals surface area contributed by atoms with Crippen LogP contribution in [0.4, 0.5) is 5.69 Å². The summed E-state index contributed by atoms with van der Waals surface area (Å²) in [7, 11) is 1.68. The first-order valence-electron chi connectivity index (χ1n) is 6.44. The van der Waals surface area contributed by atoms with E-state index in [2.05, 4.69) is 51.2 Å². The lowest BCUT2D eigenvalue weighted by Crippen LogP contribution is -1.99. The third-order valence-corrected chi connectivity index (χ3v) is 3.36. The van der Waals surface area contributed by atoms with Crippen LogP contribution in [0.15, 0.2) is 41.1 Å². The normalized spacial score (nSPS) is 10.5. The number of anilines is 1. The molecule has 0 radical (unpaired) electrons. The Balaban J connectivity index is 1.99. The van der Waals surface area contributed by atoms with Crippen LogP contribution in [0.3, 0.4) is 0 Å². The molecule has 0 spiro atoms. The minimum absolute atomic E-state index is 0.816. The summed E-state index contributed by atoms with van der Waals surface area (Å²) in [5, 5.41) is 3.41. The van der Waals surface area contributed by atoms with Crippen LogP contribution in [0, 0.1) is 0 Å². The van der Waals surface area contributed by atoms with Gasteiger partial charge in [-0.1, -0.05) is 22.9 Å². The number of hydrogen-bond acceptors (Lipinski definition) is 2. The van der Waals surface area contributed by atoms with Crippen LogP contribution in [0.1, 0.15) is 18.9 Å². The van der Waals surface area contributed by atoms with E-state index in [1.165, 1.54) is 5.56 Å². The van der Waals surface area contributed by atoms with Gasteiger partial charge in [0.1, 0.15) is 5.75 Å². The first-order valence-corrected chi connectivity index (χ1v) is 7.23. The molecule has 1 N–H and O–H groups in total. The van der Waals surface area contributed by atoms with E-state index in [1.54, 1.807) is 7.11 Å². The number of hydrogen-bond donors (Lipinski definition) is 1. The fourth-order valence-corrected chi connectivity index (χ4v) is 2.45. The van der Waals surface area contributed by atoms with Gasteiger partial charge in [-0.2, -0.15) is 0 Å². The first kappa shape index (κ1) is 14.0. The Kier molecular flexibility index (Phi) is 4.91. The second-order valence-corrected chi connectivity index (χ2v) is 5.41. The Morgan fingerprint density at radius 3 is 2.89 bits per heavy atom. The predicted octanol–water partition coefficient (Wildman–Crippen LogP) is 4.28. The lowest BCUT2D eigenvalue weighted by Gasteiger charge is -2.08. The third-order valence-electron chi connectivity index (χ3n) is 2.90. The molecule has 19 heavy (non-hydrogen) atoms. The highest BCUT2D eigenvalue weighted by Gasteiger charge is 2.01. The molecule has 0 fully saturated rings. The van der Waals surface area contributed by atoms with Gasteiger partial charge in [0.2, 0.25) is 0 Å². The van der Waals surface area contributed by atoms with Crippen LogP contribution >= 0.6 is 15.9 Å². The molecule has 1 aromatic carbocycles. The highest BCUT2D eigenvalue weighted by atomic mass is 79.9. The minimum atomic E-state index is 0.816. The Morgan fingerprint density at radius 1 is 1.32 bits per heavy atom. The molecule has 0 atom stereocenters. The molecule has 4 heteroatoms. The molecule has 0 aliphatic heterocycles. The van der Waals surface area contributed by atoms with E-state index in [0.29, 0.717) is 0 Å². The highest BCUT2D eigenvalue weighted by molar-refractivity contribution is 9.10. The van der Waals surface area contributed by atoms with Crippen LogP contribution in [0.5, 0.6) is 5.75 Å². The molecule has 0 unspecified atom stereocenters. The molecule has 0 aliphatic carbocycles. The van der Waals surface area contributed by atoms with Crippen LogP contribution in [0.2, 0.25) is 0 Å². The summed E-state index contributed by atoms with van der Waals surface area (Å²) >= 11 is 3.48. The molecule has 102 valence electrons. The topological polar surface area (TPSA) is 26.2 Å². The van der Waals surface area contributed by atoms with Crippen molar-refractivity contribution in [2.24, 2.45) is 0 Å². The Hall–Kier alpha value is -1.42. The fraction of sp³-hybridized carbons (Fsp3) is 0.333. The summed E-state index contributed by atoms with van der Waals surface area (Å²) in [5.74, 6) is 0.848. The number of nitrogens with one attached hydrogen (secondary N) is 1. The third kappa shape index (κ3) is 4.03. The summed E-state index contributed by atoms with van der Waals surface area (Å²) in [6.07, 6.45) is 5.47. The predicted molar refractivity (Wildman–Crippen MR) is 82.7 cm³/mol. The van der Waals surface area contributed by atoms with Crippen LogP contribution in [-0.2, 0) is 13.1 Å². The molecule has 0 bridgehead atoms. The zero-order valence-corrected chi connectivity index (χ0v) is 12.9. The van der Waals surface area contributed by atoms with Gasteiger partial charge in [0.15, 0.2) is 0 Å². The van der Waals surface area contributed by atoms with Crippen molar-refractivity contribution in [3.05, 3.63) is 46.7 Å². The first-order chi connectivity index (χ1) is 9.21. The Morgan fingerprint density at radius 2 is 2.16 bits per heavy atom. The number of aryl methyl sites for hydroxylation is 1. The second kappa shape index (κ2) is 6.66. The lowest BCUT2D eigenvalue weighted by molar-refractivity contribution is 0.414. The molecule has 2 aromatic rings. The van der Waals surface area contributed by atoms with Crippen molar-refractivity contribution >= 4 is 21.6 Å². The van der Waals surface area contributed by atoms with Gasteiger partial charge < -0.3 is 14.6 Å². The van der Waals surface area contributed by atoms with Gasteiger partial charge in [0.05, 0.1) is 7.11 Å². The van der Waals surface area contributed by atoms with Gasteiger partial charge in [-0.25, -0.2) is 0 Å². The molecular weight excluding hydrogens is 304 g/mol. The van der Waals surface area contributed by atoms with Crippen LogP contribution in [0.25, 0.3) is 0 Å². The van der Waals surface area contributed by atoms with Crippen LogP contribution < -0.4 is 10.1 Å². The average Bonchev–Trinajstić information content (AvgIpc) is 2.84. The second-order valence-electron chi connectivity index (χ2n) is 4.49. The standard InChI is InChI=1S/C15H19BrN2O/c1-3-5-18-6-4-12(11-18)10-17-14-7-13(16)8-15(9-14)19-2/h4,6-9,11,17H,3,5,10H2,1-2H3. The van der Waals surface area contributed by atoms with Gasteiger partial charge >= 0.3 is 0 Å². The lowest BCUT2D eigenvalue weighted by atomic mass is 10.2. The molecular formula is C15H19BrN2O. The van der Waals surface area contributed by atoms with E-state index in [9.17, 15) is 0 Å². The summed E-state index contributed by atoms with van der Waals surface area (Å²) in [6.45, 7) is 4.08. The van der Waals surface area contributed by atoms with E-state index >= 15 is 0 Å². The monoisotopic (exact) mass is 322 g/mol. The van der Waals surface area contributed by atoms with E-state index in [0.717, 1.165) is 35.4 Å². The maximum atomic E-state index is 5.25. The minimum Gasteiger partial charge on any atom is -0.497 e. The maximum absolute atomic E-state index is 5.25. The number of benzene rings is 1. The largest absolute Gasteiger partial charge is 0.497 e. The Labute approximate surface area is 122 Å². The molecule has 1 heterocycles. The number of halogens is 1. The quantitative estimate of drug-likeness (QED) is 0.859. The summed E-state index contributed by atoms with van der Waals surface area (Å²) in [5.41, 5.74) is 2.34. The van der Waals surface area contributed by atoms with Crippen molar-refractivity contribution in [1.29, 1.82) is 0 Å². The average molecular weight is 323 g/mol. The highest BCUT2D eigenvalue weighted by Crippen LogP contribution is 2.24. The maximum Gasteiger partial charge on any atom is 0.122 e. The van der Waals surface area contributed by atoms with E-state index in [4.69, 9.17) is 4.74 Å². The van der Waals surface area contributed by atoms with Gasteiger partial charge in [0, 0.05) is 41.7 Å². The van der Waals surface area contributed by atoms with E-state index in [1.807, 2.05) is 18.2 Å². The summed E-state index contributed by atoms with van der Waals surface area (Å²) < 4.78 is 8.48. The smallest absolute Gasteiger partial charge is 0.122 e. The number of methoxy groups -OCH3 is 1. The van der Waals surface area contributed by atoms with Gasteiger partial charge in [-0.3, -0.25) is 0 Å². The number of aromatic nitrogens is 1. The molecule has 2 rings (SSSR count). The van der Waals surface area contributed by atoms with Gasteiger partial charge in [-0.05, 0) is 30.2 Å². The number of rotatable bonds is 6. The van der Waals surface area contributed by atoms with Crippen molar-refractivity contribution in [2.75, 3.05) is 12.4 Å². The van der Waals surface area contributed by atoms with E-state index < -0.39 is 0 Å². The molecule has 0 amide bonds. The number of nitrogens with zero attached hydrogens (tertiary/aromatic N) is 1. The van der Waals surface area contributed by atoms with E-state index in [-0.39, 0.29) is 0 Å². The van der Waals surface area contributed by atoms with Gasteiger partial charge in [-0.15, -0.1) is 0 Å². The van der Waals surface area contributed by atoms with Crippen molar-refractivity contribution < 1.29 is 4.74 Å².